The minimum atomic E-state index is -0.183. The van der Waals surface area contributed by atoms with E-state index >= 15 is 0 Å². The predicted molar refractivity (Wildman–Crippen MR) is 75.0 cm³/mol. The molecule has 102 valence electrons. The molecule has 2 aromatic rings. The maximum Gasteiger partial charge on any atom is 0.138 e. The molecule has 0 amide bonds. The van der Waals surface area contributed by atoms with Crippen molar-refractivity contribution in [3.05, 3.63) is 45.2 Å². The van der Waals surface area contributed by atoms with E-state index in [-0.39, 0.29) is 6.61 Å². The van der Waals surface area contributed by atoms with Crippen molar-refractivity contribution < 1.29 is 9.84 Å². The number of aliphatic hydroxyl groups is 1. The Morgan fingerprint density at radius 1 is 1.37 bits per heavy atom. The molecule has 1 N–H and O–H groups in total. The van der Waals surface area contributed by atoms with Gasteiger partial charge in [0.1, 0.15) is 5.15 Å². The third kappa shape index (κ3) is 2.77. The van der Waals surface area contributed by atoms with Crippen molar-refractivity contribution in [3.63, 3.8) is 0 Å². The van der Waals surface area contributed by atoms with Crippen LogP contribution in [0.2, 0.25) is 10.2 Å². The quantitative estimate of drug-likeness (QED) is 0.944. The smallest absolute Gasteiger partial charge is 0.138 e. The lowest BCUT2D eigenvalue weighted by Gasteiger charge is -2.05. The van der Waals surface area contributed by atoms with Gasteiger partial charge in [-0.05, 0) is 24.6 Å². The van der Waals surface area contributed by atoms with E-state index in [0.717, 1.165) is 11.3 Å². The standard InChI is InChI=1S/C13H14Cl2N2O2/c1-8-3-4-9(5-11(8)14)17-13(15)10(6-18)12(16-17)7-19-2/h3-5,18H,6-7H2,1-2H3. The second-order valence-electron chi connectivity index (χ2n) is 4.15. The van der Waals surface area contributed by atoms with Crippen LogP contribution in [0.3, 0.4) is 0 Å². The van der Waals surface area contributed by atoms with Gasteiger partial charge in [0.15, 0.2) is 0 Å². The van der Waals surface area contributed by atoms with E-state index in [0.29, 0.717) is 28.0 Å². The Morgan fingerprint density at radius 3 is 2.68 bits per heavy atom. The first-order chi connectivity index (χ1) is 9.08. The topological polar surface area (TPSA) is 47.3 Å². The lowest BCUT2D eigenvalue weighted by molar-refractivity contribution is 0.178. The van der Waals surface area contributed by atoms with Gasteiger partial charge in [-0.2, -0.15) is 5.10 Å². The third-order valence-corrected chi connectivity index (χ3v) is 3.64. The summed E-state index contributed by atoms with van der Waals surface area (Å²) in [4.78, 5) is 0. The molecule has 0 unspecified atom stereocenters. The van der Waals surface area contributed by atoms with Crippen LogP contribution < -0.4 is 0 Å². The Kier molecular flexibility index (Phi) is 4.47. The van der Waals surface area contributed by atoms with E-state index in [2.05, 4.69) is 5.10 Å². The van der Waals surface area contributed by atoms with Crippen LogP contribution in [0.15, 0.2) is 18.2 Å². The van der Waals surface area contributed by atoms with Crippen LogP contribution >= 0.6 is 23.2 Å². The number of ether oxygens (including phenoxy) is 1. The van der Waals surface area contributed by atoms with Crippen molar-refractivity contribution in [1.29, 1.82) is 0 Å². The molecule has 2 rings (SSSR count). The molecule has 0 saturated heterocycles. The van der Waals surface area contributed by atoms with Crippen molar-refractivity contribution in [1.82, 2.24) is 9.78 Å². The molecule has 1 aromatic carbocycles. The van der Waals surface area contributed by atoms with Crippen LogP contribution in [0.25, 0.3) is 5.69 Å². The van der Waals surface area contributed by atoms with Gasteiger partial charge in [0.2, 0.25) is 0 Å². The van der Waals surface area contributed by atoms with Gasteiger partial charge in [-0.3, -0.25) is 0 Å². The van der Waals surface area contributed by atoms with Gasteiger partial charge in [0, 0.05) is 17.7 Å². The summed E-state index contributed by atoms with van der Waals surface area (Å²) in [7, 11) is 1.57. The molecule has 0 fully saturated rings. The van der Waals surface area contributed by atoms with Crippen LogP contribution in [0.4, 0.5) is 0 Å². The molecule has 19 heavy (non-hydrogen) atoms. The molecule has 0 radical (unpaired) electrons. The summed E-state index contributed by atoms with van der Waals surface area (Å²) in [5.74, 6) is 0. The zero-order valence-corrected chi connectivity index (χ0v) is 12.2. The highest BCUT2D eigenvalue weighted by atomic mass is 35.5. The van der Waals surface area contributed by atoms with E-state index in [9.17, 15) is 5.11 Å². The Bertz CT molecular complexity index is 597. The molecular weight excluding hydrogens is 287 g/mol. The molecule has 4 nitrogen and oxygen atoms in total. The van der Waals surface area contributed by atoms with Crippen molar-refractivity contribution in [2.75, 3.05) is 7.11 Å². The molecule has 0 aliphatic carbocycles. The number of methoxy groups -OCH3 is 1. The first-order valence-electron chi connectivity index (χ1n) is 5.71. The van der Waals surface area contributed by atoms with E-state index in [1.807, 2.05) is 19.1 Å². The van der Waals surface area contributed by atoms with Crippen LogP contribution in [-0.2, 0) is 18.0 Å². The zero-order chi connectivity index (χ0) is 14.0. The van der Waals surface area contributed by atoms with E-state index in [4.69, 9.17) is 27.9 Å². The minimum absolute atomic E-state index is 0.183. The summed E-state index contributed by atoms with van der Waals surface area (Å²) in [5, 5.41) is 14.7. The van der Waals surface area contributed by atoms with Crippen molar-refractivity contribution in [2.24, 2.45) is 0 Å². The Hall–Kier alpha value is -1.07. The summed E-state index contributed by atoms with van der Waals surface area (Å²) in [5.41, 5.74) is 2.91. The lowest BCUT2D eigenvalue weighted by atomic mass is 10.2. The Morgan fingerprint density at radius 2 is 2.11 bits per heavy atom. The summed E-state index contributed by atoms with van der Waals surface area (Å²) >= 11 is 12.3. The monoisotopic (exact) mass is 300 g/mol. The number of aliphatic hydroxyl groups excluding tert-OH is 1. The fourth-order valence-corrected chi connectivity index (χ4v) is 2.24. The average Bonchev–Trinajstić information content (AvgIpc) is 2.70. The molecule has 6 heteroatoms. The highest BCUT2D eigenvalue weighted by Crippen LogP contribution is 2.26. The molecule has 0 spiro atoms. The highest BCUT2D eigenvalue weighted by Gasteiger charge is 2.16. The summed E-state index contributed by atoms with van der Waals surface area (Å²) < 4.78 is 6.59. The second kappa shape index (κ2) is 5.92. The first kappa shape index (κ1) is 14.3. The number of aromatic nitrogens is 2. The first-order valence-corrected chi connectivity index (χ1v) is 6.46. The van der Waals surface area contributed by atoms with Gasteiger partial charge in [0.25, 0.3) is 0 Å². The molecule has 1 heterocycles. The number of nitrogens with zero attached hydrogens (tertiary/aromatic N) is 2. The molecule has 0 atom stereocenters. The maximum atomic E-state index is 9.37. The summed E-state index contributed by atoms with van der Waals surface area (Å²) in [6.07, 6.45) is 0. The van der Waals surface area contributed by atoms with Gasteiger partial charge >= 0.3 is 0 Å². The van der Waals surface area contributed by atoms with Gasteiger partial charge in [-0.25, -0.2) is 4.68 Å². The fourth-order valence-electron chi connectivity index (χ4n) is 1.77. The number of hydrogen-bond donors (Lipinski definition) is 1. The van der Waals surface area contributed by atoms with Gasteiger partial charge < -0.3 is 9.84 Å². The van der Waals surface area contributed by atoms with Gasteiger partial charge in [0.05, 0.1) is 24.6 Å². The molecular formula is C13H14Cl2N2O2. The summed E-state index contributed by atoms with van der Waals surface area (Å²) in [6.45, 7) is 2.03. The highest BCUT2D eigenvalue weighted by molar-refractivity contribution is 6.32. The Balaban J connectivity index is 2.52. The number of benzene rings is 1. The van der Waals surface area contributed by atoms with Crippen LogP contribution in [0, 0.1) is 6.92 Å². The SMILES string of the molecule is COCc1nn(-c2ccc(C)c(Cl)c2)c(Cl)c1CO. The van der Waals surface area contributed by atoms with E-state index in [1.165, 1.54) is 0 Å². The van der Waals surface area contributed by atoms with Crippen LogP contribution in [0.1, 0.15) is 16.8 Å². The normalized spacial score (nSPS) is 11.0. The number of aryl methyl sites for hydroxylation is 1. The van der Waals surface area contributed by atoms with Crippen molar-refractivity contribution >= 4 is 23.2 Å². The van der Waals surface area contributed by atoms with Crippen molar-refractivity contribution in [3.8, 4) is 5.69 Å². The van der Waals surface area contributed by atoms with Crippen LogP contribution in [0.5, 0.6) is 0 Å². The minimum Gasteiger partial charge on any atom is -0.391 e. The molecule has 0 aliphatic rings. The van der Waals surface area contributed by atoms with Crippen molar-refractivity contribution in [2.45, 2.75) is 20.1 Å². The fraction of sp³-hybridized carbons (Fsp3) is 0.308. The largest absolute Gasteiger partial charge is 0.391 e. The molecule has 0 bridgehead atoms. The third-order valence-electron chi connectivity index (χ3n) is 2.84. The molecule has 0 aliphatic heterocycles. The van der Waals surface area contributed by atoms with E-state index < -0.39 is 0 Å². The maximum absolute atomic E-state index is 9.37. The molecule has 0 saturated carbocycles. The Labute approximate surface area is 121 Å². The zero-order valence-electron chi connectivity index (χ0n) is 10.7. The number of hydrogen-bond acceptors (Lipinski definition) is 3. The van der Waals surface area contributed by atoms with Crippen LogP contribution in [-0.4, -0.2) is 22.0 Å². The van der Waals surface area contributed by atoms with Gasteiger partial charge in [-0.15, -0.1) is 0 Å². The number of rotatable bonds is 4. The predicted octanol–water partition coefficient (Wildman–Crippen LogP) is 3.13. The van der Waals surface area contributed by atoms with Gasteiger partial charge in [-0.1, -0.05) is 29.3 Å². The molecule has 1 aromatic heterocycles. The summed E-state index contributed by atoms with van der Waals surface area (Å²) in [6, 6.07) is 5.55. The second-order valence-corrected chi connectivity index (χ2v) is 4.92. The lowest BCUT2D eigenvalue weighted by Crippen LogP contribution is -1.98. The average molecular weight is 301 g/mol. The number of halogens is 2. The van der Waals surface area contributed by atoms with E-state index in [1.54, 1.807) is 17.9 Å².